The van der Waals surface area contributed by atoms with Gasteiger partial charge in [0.15, 0.2) is 0 Å². The van der Waals surface area contributed by atoms with Crippen LogP contribution in [-0.2, 0) is 6.18 Å². The van der Waals surface area contributed by atoms with Crippen LogP contribution >= 0.6 is 15.9 Å². The van der Waals surface area contributed by atoms with Crippen molar-refractivity contribution in [3.05, 3.63) is 28.2 Å². The monoisotopic (exact) mass is 352 g/mol. The maximum absolute atomic E-state index is 13.0. The summed E-state index contributed by atoms with van der Waals surface area (Å²) >= 11 is 3.21. The molecule has 0 amide bonds. The van der Waals surface area contributed by atoms with Gasteiger partial charge in [0.25, 0.3) is 0 Å². The van der Waals surface area contributed by atoms with Crippen LogP contribution in [0.4, 0.5) is 18.9 Å². The lowest BCUT2D eigenvalue weighted by Crippen LogP contribution is -2.35. The molecule has 0 aliphatic carbocycles. The normalized spacial score (nSPS) is 13.6. The van der Waals surface area contributed by atoms with Crippen molar-refractivity contribution in [3.63, 3.8) is 0 Å². The summed E-state index contributed by atoms with van der Waals surface area (Å²) in [5, 5.41) is 2.97. The SMILES string of the molecule is CCN(CC)CC(C)Nc1cc(Br)ccc1C(F)(F)F. The average molecular weight is 353 g/mol. The van der Waals surface area contributed by atoms with Crippen LogP contribution in [0.15, 0.2) is 22.7 Å². The number of rotatable bonds is 6. The highest BCUT2D eigenvalue weighted by Crippen LogP contribution is 2.36. The molecule has 0 aliphatic rings. The summed E-state index contributed by atoms with van der Waals surface area (Å²) in [6, 6.07) is 3.91. The smallest absolute Gasteiger partial charge is 0.381 e. The zero-order valence-electron chi connectivity index (χ0n) is 11.9. The molecular formula is C14H20BrF3N2. The predicted molar refractivity (Wildman–Crippen MR) is 80.0 cm³/mol. The van der Waals surface area contributed by atoms with Gasteiger partial charge in [-0.3, -0.25) is 0 Å². The highest BCUT2D eigenvalue weighted by Gasteiger charge is 2.33. The van der Waals surface area contributed by atoms with Crippen molar-refractivity contribution in [1.29, 1.82) is 0 Å². The first-order valence-electron chi connectivity index (χ1n) is 6.63. The van der Waals surface area contributed by atoms with Gasteiger partial charge >= 0.3 is 6.18 Å². The highest BCUT2D eigenvalue weighted by atomic mass is 79.9. The quantitative estimate of drug-likeness (QED) is 0.804. The molecular weight excluding hydrogens is 333 g/mol. The molecule has 0 aromatic heterocycles. The zero-order chi connectivity index (χ0) is 15.3. The van der Waals surface area contributed by atoms with E-state index in [1.165, 1.54) is 12.1 Å². The Hall–Kier alpha value is -0.750. The van der Waals surface area contributed by atoms with E-state index in [0.717, 1.165) is 19.2 Å². The summed E-state index contributed by atoms with van der Waals surface area (Å²) < 4.78 is 39.5. The highest BCUT2D eigenvalue weighted by molar-refractivity contribution is 9.10. The van der Waals surface area contributed by atoms with Crippen LogP contribution in [0, 0.1) is 0 Å². The fourth-order valence-corrected chi connectivity index (χ4v) is 2.42. The number of likely N-dealkylation sites (N-methyl/N-ethyl adjacent to an activating group) is 1. The number of nitrogens with one attached hydrogen (secondary N) is 1. The van der Waals surface area contributed by atoms with Crippen molar-refractivity contribution in [3.8, 4) is 0 Å². The van der Waals surface area contributed by atoms with Crippen molar-refractivity contribution in [2.45, 2.75) is 33.0 Å². The van der Waals surface area contributed by atoms with E-state index in [4.69, 9.17) is 0 Å². The molecule has 114 valence electrons. The maximum atomic E-state index is 13.0. The Labute approximate surface area is 126 Å². The molecule has 0 aliphatic heterocycles. The van der Waals surface area contributed by atoms with E-state index < -0.39 is 11.7 Å². The van der Waals surface area contributed by atoms with Gasteiger partial charge in [-0.2, -0.15) is 13.2 Å². The Bertz CT molecular complexity index is 431. The summed E-state index contributed by atoms with van der Waals surface area (Å²) in [4.78, 5) is 2.17. The third-order valence-electron chi connectivity index (χ3n) is 3.12. The molecule has 1 N–H and O–H groups in total. The lowest BCUT2D eigenvalue weighted by molar-refractivity contribution is -0.137. The summed E-state index contributed by atoms with van der Waals surface area (Å²) in [7, 11) is 0. The summed E-state index contributed by atoms with van der Waals surface area (Å²) in [6.45, 7) is 8.43. The van der Waals surface area contributed by atoms with Crippen molar-refractivity contribution in [1.82, 2.24) is 4.90 Å². The van der Waals surface area contributed by atoms with Crippen LogP contribution in [0.1, 0.15) is 26.3 Å². The van der Waals surface area contributed by atoms with E-state index in [1.54, 1.807) is 0 Å². The van der Waals surface area contributed by atoms with Crippen molar-refractivity contribution in [2.24, 2.45) is 0 Å². The van der Waals surface area contributed by atoms with E-state index in [2.05, 4.69) is 26.1 Å². The number of halogens is 4. The molecule has 1 unspecified atom stereocenters. The molecule has 0 heterocycles. The topological polar surface area (TPSA) is 15.3 Å². The number of anilines is 1. The molecule has 20 heavy (non-hydrogen) atoms. The minimum atomic E-state index is -4.35. The van der Waals surface area contributed by atoms with Crippen LogP contribution in [-0.4, -0.2) is 30.6 Å². The average Bonchev–Trinajstić information content (AvgIpc) is 2.34. The third kappa shape index (κ3) is 4.98. The Morgan fingerprint density at radius 1 is 1.25 bits per heavy atom. The Balaban J connectivity index is 2.88. The molecule has 1 aromatic carbocycles. The summed E-state index contributed by atoms with van der Waals surface area (Å²) in [5.74, 6) is 0. The molecule has 0 saturated carbocycles. The summed E-state index contributed by atoms with van der Waals surface area (Å²) in [6.07, 6.45) is -4.35. The van der Waals surface area contributed by atoms with E-state index in [9.17, 15) is 13.2 Å². The van der Waals surface area contributed by atoms with E-state index >= 15 is 0 Å². The van der Waals surface area contributed by atoms with Gasteiger partial charge in [-0.15, -0.1) is 0 Å². The number of alkyl halides is 3. The fourth-order valence-electron chi connectivity index (χ4n) is 2.06. The first kappa shape index (κ1) is 17.3. The Morgan fingerprint density at radius 3 is 2.35 bits per heavy atom. The minimum absolute atomic E-state index is 0.0645. The standard InChI is InChI=1S/C14H20BrF3N2/c1-4-20(5-2)9-10(3)19-13-8-11(15)6-7-12(13)14(16,17)18/h6-8,10,19H,4-5,9H2,1-3H3. The number of hydrogen-bond acceptors (Lipinski definition) is 2. The maximum Gasteiger partial charge on any atom is 0.418 e. The second kappa shape index (κ2) is 7.31. The largest absolute Gasteiger partial charge is 0.418 e. The number of benzene rings is 1. The van der Waals surface area contributed by atoms with Gasteiger partial charge in [0, 0.05) is 22.7 Å². The first-order chi connectivity index (χ1) is 9.27. The van der Waals surface area contributed by atoms with Gasteiger partial charge in [-0.1, -0.05) is 29.8 Å². The summed E-state index contributed by atoms with van der Waals surface area (Å²) in [5.41, 5.74) is -0.515. The van der Waals surface area contributed by atoms with Gasteiger partial charge in [-0.05, 0) is 38.2 Å². The molecule has 6 heteroatoms. The molecule has 1 atom stereocenters. The molecule has 1 rings (SSSR count). The van der Waals surface area contributed by atoms with Gasteiger partial charge in [0.2, 0.25) is 0 Å². The second-order valence-corrected chi connectivity index (χ2v) is 5.63. The van der Waals surface area contributed by atoms with Crippen LogP contribution in [0.3, 0.4) is 0 Å². The third-order valence-corrected chi connectivity index (χ3v) is 3.61. The first-order valence-corrected chi connectivity index (χ1v) is 7.42. The molecule has 0 fully saturated rings. The van der Waals surface area contributed by atoms with Gasteiger partial charge in [0.05, 0.1) is 5.56 Å². The molecule has 0 radical (unpaired) electrons. The minimum Gasteiger partial charge on any atom is -0.381 e. The molecule has 1 aromatic rings. The lowest BCUT2D eigenvalue weighted by Gasteiger charge is -2.25. The molecule has 0 saturated heterocycles. The Morgan fingerprint density at radius 2 is 1.85 bits per heavy atom. The van der Waals surface area contributed by atoms with E-state index in [-0.39, 0.29) is 11.7 Å². The van der Waals surface area contributed by atoms with Crippen LogP contribution < -0.4 is 5.32 Å². The van der Waals surface area contributed by atoms with Gasteiger partial charge < -0.3 is 10.2 Å². The molecule has 0 spiro atoms. The fraction of sp³-hybridized carbons (Fsp3) is 0.571. The second-order valence-electron chi connectivity index (χ2n) is 4.72. The predicted octanol–water partition coefficient (Wildman–Crippen LogP) is 4.61. The lowest BCUT2D eigenvalue weighted by atomic mass is 10.1. The van der Waals surface area contributed by atoms with E-state index in [0.29, 0.717) is 11.0 Å². The van der Waals surface area contributed by atoms with Crippen LogP contribution in [0.25, 0.3) is 0 Å². The van der Waals surface area contributed by atoms with E-state index in [1.807, 2.05) is 20.8 Å². The Kier molecular flexibility index (Phi) is 6.33. The van der Waals surface area contributed by atoms with Crippen LogP contribution in [0.2, 0.25) is 0 Å². The van der Waals surface area contributed by atoms with Crippen molar-refractivity contribution >= 4 is 21.6 Å². The van der Waals surface area contributed by atoms with Crippen molar-refractivity contribution in [2.75, 3.05) is 25.0 Å². The van der Waals surface area contributed by atoms with Crippen molar-refractivity contribution < 1.29 is 13.2 Å². The zero-order valence-corrected chi connectivity index (χ0v) is 13.5. The van der Waals surface area contributed by atoms with Gasteiger partial charge in [-0.25, -0.2) is 0 Å². The molecule has 0 bridgehead atoms. The van der Waals surface area contributed by atoms with Gasteiger partial charge in [0.1, 0.15) is 0 Å². The number of hydrogen-bond donors (Lipinski definition) is 1. The molecule has 2 nitrogen and oxygen atoms in total. The van der Waals surface area contributed by atoms with Crippen LogP contribution in [0.5, 0.6) is 0 Å². The number of nitrogens with zero attached hydrogens (tertiary/aromatic N) is 1.